The van der Waals surface area contributed by atoms with E-state index >= 15 is 0 Å². The van der Waals surface area contributed by atoms with Gasteiger partial charge in [0.1, 0.15) is 18.3 Å². The molecular formula is C6H11FO5. The summed E-state index contributed by atoms with van der Waals surface area (Å²) >= 11 is 0. The van der Waals surface area contributed by atoms with Crippen LogP contribution in [0.2, 0.25) is 0 Å². The SMILES string of the molecule is OCC1O[C@@H](O)[C@H](F)C(O)[C@H]1O. The fourth-order valence-electron chi connectivity index (χ4n) is 1.06. The van der Waals surface area contributed by atoms with Crippen molar-refractivity contribution in [2.24, 2.45) is 0 Å². The van der Waals surface area contributed by atoms with Crippen molar-refractivity contribution >= 4 is 0 Å². The van der Waals surface area contributed by atoms with Crippen LogP contribution >= 0.6 is 0 Å². The molecule has 1 aliphatic heterocycles. The van der Waals surface area contributed by atoms with Gasteiger partial charge in [0.15, 0.2) is 12.5 Å². The van der Waals surface area contributed by atoms with Gasteiger partial charge in [0.05, 0.1) is 6.61 Å². The first kappa shape index (κ1) is 9.82. The average Bonchev–Trinajstić information content (AvgIpc) is 2.08. The first-order valence-corrected chi connectivity index (χ1v) is 3.52. The van der Waals surface area contributed by atoms with Gasteiger partial charge in [-0.3, -0.25) is 0 Å². The lowest BCUT2D eigenvalue weighted by Crippen LogP contribution is -2.56. The van der Waals surface area contributed by atoms with Gasteiger partial charge in [0.2, 0.25) is 0 Å². The number of rotatable bonds is 1. The Kier molecular flexibility index (Phi) is 2.97. The van der Waals surface area contributed by atoms with Crippen LogP contribution in [-0.2, 0) is 4.74 Å². The third-order valence-corrected chi connectivity index (χ3v) is 1.82. The van der Waals surface area contributed by atoms with E-state index in [-0.39, 0.29) is 0 Å². The Bertz CT molecular complexity index is 150. The van der Waals surface area contributed by atoms with E-state index in [1.165, 1.54) is 0 Å². The maximum Gasteiger partial charge on any atom is 0.189 e. The topological polar surface area (TPSA) is 90.2 Å². The molecule has 0 radical (unpaired) electrons. The van der Waals surface area contributed by atoms with Crippen LogP contribution in [0.5, 0.6) is 0 Å². The molecule has 5 nitrogen and oxygen atoms in total. The van der Waals surface area contributed by atoms with Crippen molar-refractivity contribution in [1.82, 2.24) is 0 Å². The van der Waals surface area contributed by atoms with Crippen molar-refractivity contribution in [1.29, 1.82) is 0 Å². The van der Waals surface area contributed by atoms with Crippen molar-refractivity contribution in [3.05, 3.63) is 0 Å². The number of hydrogen-bond acceptors (Lipinski definition) is 5. The van der Waals surface area contributed by atoms with Gasteiger partial charge in [-0.15, -0.1) is 0 Å². The third-order valence-electron chi connectivity index (χ3n) is 1.82. The third kappa shape index (κ3) is 1.57. The van der Waals surface area contributed by atoms with E-state index in [1.807, 2.05) is 0 Å². The molecule has 1 fully saturated rings. The number of alkyl halides is 1. The molecule has 1 saturated heterocycles. The fraction of sp³-hybridized carbons (Fsp3) is 1.00. The number of halogens is 1. The molecular weight excluding hydrogens is 171 g/mol. The highest BCUT2D eigenvalue weighted by Gasteiger charge is 2.43. The zero-order valence-electron chi connectivity index (χ0n) is 6.17. The highest BCUT2D eigenvalue weighted by Crippen LogP contribution is 2.21. The van der Waals surface area contributed by atoms with E-state index < -0.39 is 37.4 Å². The van der Waals surface area contributed by atoms with Gasteiger partial charge in [-0.1, -0.05) is 0 Å². The molecule has 0 amide bonds. The maximum absolute atomic E-state index is 12.7. The van der Waals surface area contributed by atoms with Gasteiger partial charge < -0.3 is 25.2 Å². The molecule has 0 saturated carbocycles. The molecule has 12 heavy (non-hydrogen) atoms. The largest absolute Gasteiger partial charge is 0.394 e. The van der Waals surface area contributed by atoms with Gasteiger partial charge in [0, 0.05) is 0 Å². The van der Waals surface area contributed by atoms with E-state index in [2.05, 4.69) is 4.74 Å². The van der Waals surface area contributed by atoms with Crippen LogP contribution < -0.4 is 0 Å². The summed E-state index contributed by atoms with van der Waals surface area (Å²) in [5, 5.41) is 35.3. The Labute approximate surface area is 68.0 Å². The summed E-state index contributed by atoms with van der Waals surface area (Å²) in [6.07, 6.45) is -8.19. The summed E-state index contributed by atoms with van der Waals surface area (Å²) in [7, 11) is 0. The molecule has 4 N–H and O–H groups in total. The average molecular weight is 182 g/mol. The molecule has 2 unspecified atom stereocenters. The second-order valence-electron chi connectivity index (χ2n) is 2.67. The number of aliphatic hydroxyl groups is 4. The lowest BCUT2D eigenvalue weighted by Gasteiger charge is -2.36. The predicted molar refractivity (Wildman–Crippen MR) is 34.9 cm³/mol. The minimum absolute atomic E-state index is 0.581. The minimum atomic E-state index is -2.04. The molecule has 0 aromatic heterocycles. The maximum atomic E-state index is 12.7. The lowest BCUT2D eigenvalue weighted by molar-refractivity contribution is -0.271. The van der Waals surface area contributed by atoms with Crippen LogP contribution in [0.1, 0.15) is 0 Å². The van der Waals surface area contributed by atoms with E-state index in [4.69, 9.17) is 20.4 Å². The number of aliphatic hydroxyl groups excluding tert-OH is 4. The number of ether oxygens (including phenoxy) is 1. The molecule has 0 bridgehead atoms. The number of hydrogen-bond donors (Lipinski definition) is 4. The van der Waals surface area contributed by atoms with Crippen molar-refractivity contribution in [2.45, 2.75) is 30.8 Å². The van der Waals surface area contributed by atoms with Crippen LogP contribution in [0.25, 0.3) is 0 Å². The lowest BCUT2D eigenvalue weighted by atomic mass is 10.0. The van der Waals surface area contributed by atoms with Crippen molar-refractivity contribution in [2.75, 3.05) is 6.61 Å². The van der Waals surface area contributed by atoms with E-state index in [9.17, 15) is 4.39 Å². The van der Waals surface area contributed by atoms with Gasteiger partial charge in [-0.2, -0.15) is 0 Å². The molecule has 1 rings (SSSR count). The van der Waals surface area contributed by atoms with Gasteiger partial charge in [-0.05, 0) is 0 Å². The van der Waals surface area contributed by atoms with E-state index in [1.54, 1.807) is 0 Å². The van der Waals surface area contributed by atoms with E-state index in [0.29, 0.717) is 0 Å². The molecule has 1 heterocycles. The van der Waals surface area contributed by atoms with Crippen molar-refractivity contribution < 1.29 is 29.6 Å². The Morgan fingerprint density at radius 3 is 2.25 bits per heavy atom. The standard InChI is InChI=1S/C6H11FO5/c7-3-5(10)4(9)2(1-8)12-6(3)11/h2-6,8-11H,1H2/t2?,3-,4+,5?,6-/m1/s1. The molecule has 0 aromatic carbocycles. The van der Waals surface area contributed by atoms with Crippen LogP contribution in [0.3, 0.4) is 0 Å². The molecule has 0 aromatic rings. The Hall–Kier alpha value is -0.270. The molecule has 6 heteroatoms. The van der Waals surface area contributed by atoms with Crippen LogP contribution in [0, 0.1) is 0 Å². The van der Waals surface area contributed by atoms with E-state index in [0.717, 1.165) is 0 Å². The zero-order valence-corrected chi connectivity index (χ0v) is 6.17. The van der Waals surface area contributed by atoms with Crippen molar-refractivity contribution in [3.8, 4) is 0 Å². The monoisotopic (exact) mass is 182 g/mol. The Balaban J connectivity index is 2.63. The summed E-state index contributed by atoms with van der Waals surface area (Å²) in [5.41, 5.74) is 0. The summed E-state index contributed by atoms with van der Waals surface area (Å²) < 4.78 is 17.1. The Morgan fingerprint density at radius 1 is 1.17 bits per heavy atom. The van der Waals surface area contributed by atoms with Crippen molar-refractivity contribution in [3.63, 3.8) is 0 Å². The molecule has 1 aliphatic rings. The first-order chi connectivity index (χ1) is 5.57. The smallest absolute Gasteiger partial charge is 0.189 e. The molecule has 5 atom stereocenters. The quantitative estimate of drug-likeness (QED) is 0.368. The second kappa shape index (κ2) is 3.63. The summed E-state index contributed by atoms with van der Waals surface area (Å²) in [4.78, 5) is 0. The summed E-state index contributed by atoms with van der Waals surface area (Å²) in [5.74, 6) is 0. The van der Waals surface area contributed by atoms with Crippen LogP contribution in [0.4, 0.5) is 4.39 Å². The highest BCUT2D eigenvalue weighted by atomic mass is 19.1. The zero-order chi connectivity index (χ0) is 9.30. The fourth-order valence-corrected chi connectivity index (χ4v) is 1.06. The summed E-state index contributed by atoms with van der Waals surface area (Å²) in [6.45, 7) is -0.581. The minimum Gasteiger partial charge on any atom is -0.394 e. The Morgan fingerprint density at radius 2 is 1.75 bits per heavy atom. The summed E-state index contributed by atoms with van der Waals surface area (Å²) in [6, 6.07) is 0. The molecule has 72 valence electrons. The van der Waals surface area contributed by atoms with Crippen LogP contribution in [0.15, 0.2) is 0 Å². The highest BCUT2D eigenvalue weighted by molar-refractivity contribution is 4.88. The van der Waals surface area contributed by atoms with Gasteiger partial charge in [-0.25, -0.2) is 4.39 Å². The predicted octanol–water partition coefficient (Wildman–Crippen LogP) is -2.24. The second-order valence-corrected chi connectivity index (χ2v) is 2.67. The van der Waals surface area contributed by atoms with Gasteiger partial charge >= 0.3 is 0 Å². The normalized spacial score (nSPS) is 49.2. The first-order valence-electron chi connectivity index (χ1n) is 3.52. The van der Waals surface area contributed by atoms with Crippen LogP contribution in [-0.4, -0.2) is 57.8 Å². The van der Waals surface area contributed by atoms with Gasteiger partial charge in [0.25, 0.3) is 0 Å². The molecule has 0 spiro atoms. The molecule has 0 aliphatic carbocycles.